The number of rotatable bonds is 7. The lowest BCUT2D eigenvalue weighted by atomic mass is 10.3. The average Bonchev–Trinajstić information content (AvgIpc) is 3.28. The van der Waals surface area contributed by atoms with Crippen LogP contribution in [-0.4, -0.2) is 23.4 Å². The first-order valence-electron chi connectivity index (χ1n) is 7.97. The largest absolute Gasteiger partial charge is 0.484 e. The van der Waals surface area contributed by atoms with E-state index in [1.165, 1.54) is 18.3 Å². The number of amides is 2. The van der Waals surface area contributed by atoms with Gasteiger partial charge in [-0.1, -0.05) is 15.9 Å². The van der Waals surface area contributed by atoms with E-state index in [2.05, 4.69) is 31.5 Å². The van der Waals surface area contributed by atoms with Gasteiger partial charge < -0.3 is 14.5 Å². The number of ether oxygens (including phenoxy) is 1. The lowest BCUT2D eigenvalue weighted by molar-refractivity contribution is -0.119. The Kier molecular flexibility index (Phi) is 6.25. The molecule has 7 nitrogen and oxygen atoms in total. The summed E-state index contributed by atoms with van der Waals surface area (Å²) in [5, 5.41) is 7.60. The predicted octanol–water partition coefficient (Wildman–Crippen LogP) is 3.82. The van der Waals surface area contributed by atoms with Crippen LogP contribution in [0.2, 0.25) is 0 Å². The number of halogens is 1. The van der Waals surface area contributed by atoms with E-state index >= 15 is 0 Å². The molecule has 3 aromatic rings. The summed E-state index contributed by atoms with van der Waals surface area (Å²) in [4.78, 5) is 27.3. The molecule has 0 aliphatic carbocycles. The molecule has 2 N–H and O–H groups in total. The number of furan rings is 1. The van der Waals surface area contributed by atoms with E-state index < -0.39 is 0 Å². The number of nitrogens with zero attached hydrogens (tertiary/aromatic N) is 1. The second kappa shape index (κ2) is 8.83. The first kappa shape index (κ1) is 19.1. The number of hydrogen-bond acceptors (Lipinski definition) is 6. The second-order valence-corrected chi connectivity index (χ2v) is 7.28. The topological polar surface area (TPSA) is 93.5 Å². The molecule has 140 valence electrons. The molecule has 2 heterocycles. The van der Waals surface area contributed by atoms with Crippen LogP contribution in [0.5, 0.6) is 5.75 Å². The van der Waals surface area contributed by atoms with Gasteiger partial charge in [0.15, 0.2) is 17.5 Å². The fourth-order valence-electron chi connectivity index (χ4n) is 2.10. The summed E-state index contributed by atoms with van der Waals surface area (Å²) in [6.07, 6.45) is 0. The van der Waals surface area contributed by atoms with Gasteiger partial charge in [-0.05, 0) is 36.4 Å². The van der Waals surface area contributed by atoms with Gasteiger partial charge in [0, 0.05) is 16.8 Å². The van der Waals surface area contributed by atoms with E-state index in [0.717, 1.165) is 4.47 Å². The molecule has 0 spiro atoms. The van der Waals surface area contributed by atoms with Crippen LogP contribution < -0.4 is 15.4 Å². The fraction of sp³-hybridized carbons (Fsp3) is 0.167. The summed E-state index contributed by atoms with van der Waals surface area (Å²) >= 11 is 4.63. The van der Waals surface area contributed by atoms with E-state index in [-0.39, 0.29) is 18.4 Å². The monoisotopic (exact) mass is 449 g/mol. The zero-order valence-corrected chi connectivity index (χ0v) is 16.7. The lowest BCUT2D eigenvalue weighted by Crippen LogP contribution is -2.20. The molecule has 0 aliphatic heterocycles. The molecular weight excluding hydrogens is 434 g/mol. The highest BCUT2D eigenvalue weighted by molar-refractivity contribution is 9.10. The Balaban J connectivity index is 1.53. The molecule has 0 aliphatic rings. The highest BCUT2D eigenvalue weighted by Crippen LogP contribution is 2.26. The number of carbonyl (C=O) groups is 2. The van der Waals surface area contributed by atoms with Crippen molar-refractivity contribution < 1.29 is 18.7 Å². The van der Waals surface area contributed by atoms with Gasteiger partial charge in [-0.15, -0.1) is 11.3 Å². The number of nitrogens with one attached hydrogen (secondary N) is 2. The Hall–Kier alpha value is -2.65. The molecule has 3 rings (SSSR count). The van der Waals surface area contributed by atoms with Gasteiger partial charge in [-0.3, -0.25) is 14.9 Å². The van der Waals surface area contributed by atoms with Gasteiger partial charge in [-0.2, -0.15) is 0 Å². The third kappa shape index (κ3) is 5.66. The molecule has 0 bridgehead atoms. The minimum atomic E-state index is -0.301. The number of hydrogen-bond donors (Lipinski definition) is 2. The molecule has 0 fully saturated rings. The molecule has 2 aromatic heterocycles. The van der Waals surface area contributed by atoms with Crippen molar-refractivity contribution in [2.45, 2.75) is 13.5 Å². The van der Waals surface area contributed by atoms with E-state index in [4.69, 9.17) is 9.15 Å². The summed E-state index contributed by atoms with van der Waals surface area (Å²) in [5.74, 6) is 1.37. The van der Waals surface area contributed by atoms with Gasteiger partial charge in [0.25, 0.3) is 5.91 Å². The van der Waals surface area contributed by atoms with Gasteiger partial charge in [0.1, 0.15) is 17.2 Å². The fourth-order valence-corrected chi connectivity index (χ4v) is 3.08. The zero-order valence-electron chi connectivity index (χ0n) is 14.3. The number of benzene rings is 1. The van der Waals surface area contributed by atoms with Crippen molar-refractivity contribution in [2.24, 2.45) is 0 Å². The van der Waals surface area contributed by atoms with Crippen LogP contribution >= 0.6 is 27.3 Å². The maximum atomic E-state index is 12.0. The number of aromatic nitrogens is 1. The summed E-state index contributed by atoms with van der Waals surface area (Å²) < 4.78 is 12.0. The molecule has 0 radical (unpaired) electrons. The van der Waals surface area contributed by atoms with Crippen molar-refractivity contribution in [2.75, 3.05) is 11.9 Å². The second-order valence-electron chi connectivity index (χ2n) is 5.50. The summed E-state index contributed by atoms with van der Waals surface area (Å²) in [6, 6.07) is 10.8. The predicted molar refractivity (Wildman–Crippen MR) is 106 cm³/mol. The third-order valence-electron chi connectivity index (χ3n) is 3.36. The van der Waals surface area contributed by atoms with Crippen LogP contribution in [-0.2, 0) is 16.1 Å². The van der Waals surface area contributed by atoms with E-state index in [1.54, 1.807) is 29.6 Å². The molecule has 27 heavy (non-hydrogen) atoms. The van der Waals surface area contributed by atoms with Gasteiger partial charge in [0.05, 0.1) is 6.54 Å². The zero-order chi connectivity index (χ0) is 19.2. The SMILES string of the molecule is CC(=O)NCc1ccc(-c2csc(NC(=O)COc3ccc(Br)cc3)n2)o1. The van der Waals surface area contributed by atoms with Crippen molar-refractivity contribution in [3.63, 3.8) is 0 Å². The quantitative estimate of drug-likeness (QED) is 0.571. The number of anilines is 1. The van der Waals surface area contributed by atoms with Gasteiger partial charge >= 0.3 is 0 Å². The first-order valence-corrected chi connectivity index (χ1v) is 9.64. The molecule has 9 heteroatoms. The van der Waals surface area contributed by atoms with Crippen LogP contribution in [0.4, 0.5) is 5.13 Å². The molecule has 0 saturated heterocycles. The molecular formula is C18H16BrN3O4S. The van der Waals surface area contributed by atoms with Crippen molar-refractivity contribution in [1.82, 2.24) is 10.3 Å². The molecule has 0 atom stereocenters. The Morgan fingerprint density at radius 3 is 2.74 bits per heavy atom. The normalized spacial score (nSPS) is 10.4. The van der Waals surface area contributed by atoms with Crippen LogP contribution in [0.25, 0.3) is 11.5 Å². The minimum absolute atomic E-state index is 0.113. The summed E-state index contributed by atoms with van der Waals surface area (Å²) in [7, 11) is 0. The standard InChI is InChI=1S/C18H16BrN3O4S/c1-11(23)20-8-14-6-7-16(26-14)15-10-27-18(21-15)22-17(24)9-25-13-4-2-12(19)3-5-13/h2-7,10H,8-9H2,1H3,(H,20,23)(H,21,22,24). The van der Waals surface area contributed by atoms with Crippen molar-refractivity contribution in [3.05, 3.63) is 52.0 Å². The lowest BCUT2D eigenvalue weighted by Gasteiger charge is -2.05. The highest BCUT2D eigenvalue weighted by atomic mass is 79.9. The molecule has 1 aromatic carbocycles. The van der Waals surface area contributed by atoms with Crippen molar-refractivity contribution in [3.8, 4) is 17.2 Å². The van der Waals surface area contributed by atoms with Crippen LogP contribution in [0.15, 0.2) is 50.7 Å². The van der Waals surface area contributed by atoms with E-state index in [9.17, 15) is 9.59 Å². The minimum Gasteiger partial charge on any atom is -0.484 e. The average molecular weight is 450 g/mol. The van der Waals surface area contributed by atoms with Gasteiger partial charge in [-0.25, -0.2) is 4.98 Å². The van der Waals surface area contributed by atoms with E-state index in [1.807, 2.05) is 12.1 Å². The van der Waals surface area contributed by atoms with Crippen molar-refractivity contribution >= 4 is 44.2 Å². The summed E-state index contributed by atoms with van der Waals surface area (Å²) in [5.41, 5.74) is 0.609. The van der Waals surface area contributed by atoms with Crippen LogP contribution in [0, 0.1) is 0 Å². The summed E-state index contributed by atoms with van der Waals surface area (Å²) in [6.45, 7) is 1.65. The van der Waals surface area contributed by atoms with Crippen molar-refractivity contribution in [1.29, 1.82) is 0 Å². The third-order valence-corrected chi connectivity index (χ3v) is 4.65. The maximum Gasteiger partial charge on any atom is 0.264 e. The first-order chi connectivity index (χ1) is 13.0. The maximum absolute atomic E-state index is 12.0. The Labute approximate surface area is 167 Å². The molecule has 0 saturated carbocycles. The Morgan fingerprint density at radius 2 is 2.00 bits per heavy atom. The highest BCUT2D eigenvalue weighted by Gasteiger charge is 2.12. The smallest absolute Gasteiger partial charge is 0.264 e. The van der Waals surface area contributed by atoms with E-state index in [0.29, 0.717) is 34.6 Å². The Morgan fingerprint density at radius 1 is 1.22 bits per heavy atom. The number of carbonyl (C=O) groups excluding carboxylic acids is 2. The molecule has 0 unspecified atom stereocenters. The van der Waals surface area contributed by atoms with Crippen LogP contribution in [0.3, 0.4) is 0 Å². The molecule has 2 amide bonds. The van der Waals surface area contributed by atoms with Crippen LogP contribution in [0.1, 0.15) is 12.7 Å². The Bertz CT molecular complexity index is 936. The van der Waals surface area contributed by atoms with Gasteiger partial charge in [0.2, 0.25) is 5.91 Å². The number of thiazole rings is 1.